The van der Waals surface area contributed by atoms with Gasteiger partial charge >= 0.3 is 0 Å². The number of hydrogen-bond acceptors (Lipinski definition) is 5. The second-order valence-corrected chi connectivity index (χ2v) is 4.38. The molecular weight excluding hydrogens is 296 g/mol. The van der Waals surface area contributed by atoms with Gasteiger partial charge in [0, 0.05) is 17.7 Å². The second kappa shape index (κ2) is 6.09. The van der Waals surface area contributed by atoms with Gasteiger partial charge < -0.3 is 0 Å². The number of isocyanates is 1. The number of carbonyl (C=O) groups excluding carboxylic acids is 2. The summed E-state index contributed by atoms with van der Waals surface area (Å²) in [7, 11) is 0. The van der Waals surface area contributed by atoms with Crippen LogP contribution in [0.2, 0.25) is 5.02 Å². The van der Waals surface area contributed by atoms with E-state index >= 15 is 0 Å². The summed E-state index contributed by atoms with van der Waals surface area (Å²) >= 11 is 5.94. The molecule has 21 heavy (non-hydrogen) atoms. The molecule has 0 atom stereocenters. The van der Waals surface area contributed by atoms with Gasteiger partial charge in [-0.15, -0.1) is 0 Å². The molecule has 0 radical (unpaired) electrons. The summed E-state index contributed by atoms with van der Waals surface area (Å²) < 4.78 is 0. The average molecular weight is 303 g/mol. The number of non-ortho nitro benzene ring substituents is 1. The number of carbonyl (C=O) groups is 1. The van der Waals surface area contributed by atoms with Crippen LogP contribution in [0.5, 0.6) is 0 Å². The average Bonchev–Trinajstić information content (AvgIpc) is 2.47. The zero-order chi connectivity index (χ0) is 15.4. The first-order chi connectivity index (χ1) is 10.0. The Morgan fingerprint density at radius 3 is 2.52 bits per heavy atom. The van der Waals surface area contributed by atoms with Gasteiger partial charge in [0.2, 0.25) is 6.08 Å². The minimum atomic E-state index is -0.641. The summed E-state index contributed by atoms with van der Waals surface area (Å²) in [6, 6.07) is 9.69. The molecule has 2 aromatic rings. The minimum Gasteiger partial charge on any atom is -0.288 e. The van der Waals surface area contributed by atoms with Crippen LogP contribution in [0.4, 0.5) is 11.4 Å². The van der Waals surface area contributed by atoms with Crippen LogP contribution >= 0.6 is 11.6 Å². The Kier molecular flexibility index (Phi) is 4.23. The van der Waals surface area contributed by atoms with Crippen molar-refractivity contribution >= 4 is 34.8 Å². The lowest BCUT2D eigenvalue weighted by Crippen LogP contribution is -2.03. The van der Waals surface area contributed by atoms with Crippen LogP contribution in [-0.2, 0) is 4.79 Å². The lowest BCUT2D eigenvalue weighted by Gasteiger charge is -2.05. The monoisotopic (exact) mass is 302 g/mol. The molecule has 2 aromatic carbocycles. The number of nitrogens with zero attached hydrogens (tertiary/aromatic N) is 2. The molecule has 0 N–H and O–H groups in total. The second-order valence-electron chi connectivity index (χ2n) is 3.97. The zero-order valence-corrected chi connectivity index (χ0v) is 11.2. The Hall–Kier alpha value is -2.82. The predicted octanol–water partition coefficient (Wildman–Crippen LogP) is 3.45. The number of halogens is 1. The minimum absolute atomic E-state index is 0.000481. The largest absolute Gasteiger partial charge is 0.288 e. The van der Waals surface area contributed by atoms with E-state index in [1.165, 1.54) is 24.3 Å². The number of ketones is 1. The highest BCUT2D eigenvalue weighted by molar-refractivity contribution is 6.35. The molecule has 0 saturated carbocycles. The van der Waals surface area contributed by atoms with E-state index in [2.05, 4.69) is 4.99 Å². The van der Waals surface area contributed by atoms with Crippen LogP contribution < -0.4 is 0 Å². The highest BCUT2D eigenvalue weighted by Crippen LogP contribution is 2.28. The van der Waals surface area contributed by atoms with Crippen molar-refractivity contribution in [1.29, 1.82) is 0 Å². The fourth-order valence-corrected chi connectivity index (χ4v) is 1.98. The maximum Gasteiger partial charge on any atom is 0.270 e. The first-order valence-electron chi connectivity index (χ1n) is 5.70. The molecule has 0 unspecified atom stereocenters. The highest BCUT2D eigenvalue weighted by Gasteiger charge is 2.19. The molecule has 0 bridgehead atoms. The molecule has 104 valence electrons. The summed E-state index contributed by atoms with van der Waals surface area (Å²) in [6.45, 7) is 0. The van der Waals surface area contributed by atoms with Crippen molar-refractivity contribution in [3.63, 3.8) is 0 Å². The van der Waals surface area contributed by atoms with Gasteiger partial charge in [0.25, 0.3) is 5.69 Å². The van der Waals surface area contributed by atoms with Gasteiger partial charge in [-0.25, -0.2) is 4.79 Å². The summed E-state index contributed by atoms with van der Waals surface area (Å²) in [5, 5.41) is 11.0. The van der Waals surface area contributed by atoms with E-state index in [0.717, 1.165) is 12.1 Å². The van der Waals surface area contributed by atoms with Gasteiger partial charge in [-0.3, -0.25) is 14.9 Å². The van der Waals surface area contributed by atoms with Crippen molar-refractivity contribution in [3.05, 3.63) is 68.7 Å². The van der Waals surface area contributed by atoms with Gasteiger partial charge in [-0.2, -0.15) is 4.99 Å². The van der Waals surface area contributed by atoms with E-state index in [4.69, 9.17) is 11.6 Å². The molecule has 6 nitrogen and oxygen atoms in total. The van der Waals surface area contributed by atoms with E-state index in [1.54, 1.807) is 12.1 Å². The lowest BCUT2D eigenvalue weighted by atomic mass is 10.0. The smallest absolute Gasteiger partial charge is 0.270 e. The Morgan fingerprint density at radius 1 is 1.19 bits per heavy atom. The molecule has 0 amide bonds. The third-order valence-corrected chi connectivity index (χ3v) is 3.05. The highest BCUT2D eigenvalue weighted by atomic mass is 35.5. The SMILES string of the molecule is O=C=Nc1ccc([N+](=O)[O-])cc1C(=O)c1ccccc1Cl. The van der Waals surface area contributed by atoms with Crippen LogP contribution in [0, 0.1) is 10.1 Å². The van der Waals surface area contributed by atoms with Gasteiger partial charge in [-0.1, -0.05) is 23.7 Å². The molecule has 0 saturated heterocycles. The number of benzene rings is 2. The predicted molar refractivity (Wildman–Crippen MR) is 75.8 cm³/mol. The van der Waals surface area contributed by atoms with E-state index in [1.807, 2.05) is 0 Å². The van der Waals surface area contributed by atoms with Gasteiger partial charge in [0.1, 0.15) is 0 Å². The molecular formula is C14H7ClN2O4. The van der Waals surface area contributed by atoms with E-state index < -0.39 is 10.7 Å². The fraction of sp³-hybridized carbons (Fsp3) is 0. The standard InChI is InChI=1S/C14H7ClN2O4/c15-12-4-2-1-3-10(12)14(19)11-7-9(17(20)21)5-6-13(11)16-8-18/h1-7H. The Bertz CT molecular complexity index is 782. The van der Waals surface area contributed by atoms with Crippen molar-refractivity contribution in [2.45, 2.75) is 0 Å². The van der Waals surface area contributed by atoms with Crippen molar-refractivity contribution in [3.8, 4) is 0 Å². The van der Waals surface area contributed by atoms with E-state index in [0.29, 0.717) is 0 Å². The summed E-state index contributed by atoms with van der Waals surface area (Å²) in [5.41, 5.74) is -0.196. The summed E-state index contributed by atoms with van der Waals surface area (Å²) in [4.78, 5) is 36.4. The van der Waals surface area contributed by atoms with E-state index in [-0.39, 0.29) is 27.5 Å². The van der Waals surface area contributed by atoms with Crippen LogP contribution in [0.3, 0.4) is 0 Å². The molecule has 0 aromatic heterocycles. The van der Waals surface area contributed by atoms with Crippen molar-refractivity contribution in [1.82, 2.24) is 0 Å². The molecule has 7 heteroatoms. The normalized spacial score (nSPS) is 9.76. The quantitative estimate of drug-likeness (QED) is 0.284. The van der Waals surface area contributed by atoms with Gasteiger partial charge in [0.05, 0.1) is 21.2 Å². The molecule has 2 rings (SSSR count). The first kappa shape index (κ1) is 14.6. The Morgan fingerprint density at radius 2 is 1.90 bits per heavy atom. The molecule has 0 spiro atoms. The van der Waals surface area contributed by atoms with Crippen molar-refractivity contribution in [2.75, 3.05) is 0 Å². The Labute approximate surface area is 123 Å². The number of hydrogen-bond donors (Lipinski definition) is 0. The molecule has 0 aliphatic rings. The maximum atomic E-state index is 12.4. The number of nitro groups is 1. The summed E-state index contributed by atoms with van der Waals surface area (Å²) in [5.74, 6) is -0.557. The molecule has 0 aliphatic heterocycles. The van der Waals surface area contributed by atoms with Crippen LogP contribution in [-0.4, -0.2) is 16.8 Å². The number of aliphatic imine (C=N–C) groups is 1. The molecule has 0 heterocycles. The van der Waals surface area contributed by atoms with Crippen molar-refractivity contribution in [2.24, 2.45) is 4.99 Å². The Balaban J connectivity index is 2.63. The van der Waals surface area contributed by atoms with E-state index in [9.17, 15) is 19.7 Å². The topological polar surface area (TPSA) is 89.6 Å². The van der Waals surface area contributed by atoms with Crippen molar-refractivity contribution < 1.29 is 14.5 Å². The van der Waals surface area contributed by atoms with Crippen LogP contribution in [0.25, 0.3) is 0 Å². The van der Waals surface area contributed by atoms with Crippen LogP contribution in [0.1, 0.15) is 15.9 Å². The fourth-order valence-electron chi connectivity index (χ4n) is 1.76. The zero-order valence-electron chi connectivity index (χ0n) is 10.4. The van der Waals surface area contributed by atoms with Gasteiger partial charge in [-0.05, 0) is 18.2 Å². The third-order valence-electron chi connectivity index (χ3n) is 2.72. The first-order valence-corrected chi connectivity index (χ1v) is 6.08. The third kappa shape index (κ3) is 3.02. The molecule has 0 fully saturated rings. The van der Waals surface area contributed by atoms with Crippen LogP contribution in [0.15, 0.2) is 47.5 Å². The van der Waals surface area contributed by atoms with Gasteiger partial charge in [0.15, 0.2) is 5.78 Å². The number of nitro benzene ring substituents is 1. The molecule has 0 aliphatic carbocycles. The lowest BCUT2D eigenvalue weighted by molar-refractivity contribution is -0.384. The maximum absolute atomic E-state index is 12.4. The summed E-state index contributed by atoms with van der Waals surface area (Å²) in [6.07, 6.45) is 1.31. The number of rotatable bonds is 4.